The molecule has 0 bridgehead atoms. The fourth-order valence-electron chi connectivity index (χ4n) is 2.20. The first kappa shape index (κ1) is 16.2. The second-order valence-corrected chi connectivity index (χ2v) is 6.74. The Morgan fingerprint density at radius 1 is 1.19 bits per heavy atom. The molecule has 0 saturated heterocycles. The highest BCUT2D eigenvalue weighted by atomic mass is 32.1. The highest BCUT2D eigenvalue weighted by Crippen LogP contribution is 2.16. The maximum Gasteiger partial charge on any atom is 0.0900 e. The summed E-state index contributed by atoms with van der Waals surface area (Å²) in [6, 6.07) is 14.3. The summed E-state index contributed by atoms with van der Waals surface area (Å²) < 4.78 is 5.56. The molecule has 0 spiro atoms. The Hall–Kier alpha value is -1.20. The average Bonchev–Trinajstić information content (AvgIpc) is 2.85. The predicted octanol–water partition coefficient (Wildman–Crippen LogP) is 3.07. The third-order valence-corrected chi connectivity index (χ3v) is 4.15. The number of likely N-dealkylation sites (N-methyl/N-ethyl adjacent to an activating group) is 1. The number of aryl methyl sites for hydroxylation is 1. The van der Waals surface area contributed by atoms with Crippen molar-refractivity contribution in [3.05, 3.63) is 57.8 Å². The number of thiophene rings is 1. The van der Waals surface area contributed by atoms with E-state index in [0.717, 1.165) is 12.1 Å². The number of benzene rings is 1. The standard InChI is InChI=1S/C17H23NO2S/c1-14-8-9-17(21-14)11-18(2)10-16(19)13-20-12-15-6-4-3-5-7-15/h3-9,16,19H,10-13H2,1-2H3. The summed E-state index contributed by atoms with van der Waals surface area (Å²) in [6.45, 7) is 4.51. The van der Waals surface area contributed by atoms with Gasteiger partial charge in [-0.2, -0.15) is 0 Å². The molecule has 0 fully saturated rings. The van der Waals surface area contributed by atoms with Crippen molar-refractivity contribution in [1.29, 1.82) is 0 Å². The second kappa shape index (κ2) is 8.29. The predicted molar refractivity (Wildman–Crippen MR) is 87.5 cm³/mol. The van der Waals surface area contributed by atoms with Crippen LogP contribution in [0.5, 0.6) is 0 Å². The SMILES string of the molecule is Cc1ccc(CN(C)CC(O)COCc2ccccc2)s1. The van der Waals surface area contributed by atoms with E-state index in [1.165, 1.54) is 9.75 Å². The van der Waals surface area contributed by atoms with Crippen molar-refractivity contribution < 1.29 is 9.84 Å². The van der Waals surface area contributed by atoms with Gasteiger partial charge < -0.3 is 9.84 Å². The highest BCUT2D eigenvalue weighted by Gasteiger charge is 2.10. The van der Waals surface area contributed by atoms with Gasteiger partial charge in [-0.25, -0.2) is 0 Å². The van der Waals surface area contributed by atoms with Crippen LogP contribution in [-0.4, -0.2) is 36.3 Å². The number of nitrogens with zero attached hydrogens (tertiary/aromatic N) is 1. The summed E-state index contributed by atoms with van der Waals surface area (Å²) in [4.78, 5) is 4.78. The van der Waals surface area contributed by atoms with Crippen LogP contribution in [-0.2, 0) is 17.9 Å². The van der Waals surface area contributed by atoms with Gasteiger partial charge in [-0.15, -0.1) is 11.3 Å². The van der Waals surface area contributed by atoms with Gasteiger partial charge in [0.1, 0.15) is 0 Å². The fourth-order valence-corrected chi connectivity index (χ4v) is 3.17. The average molecular weight is 305 g/mol. The largest absolute Gasteiger partial charge is 0.389 e. The molecule has 0 aliphatic rings. The number of hydrogen-bond acceptors (Lipinski definition) is 4. The van der Waals surface area contributed by atoms with Crippen molar-refractivity contribution in [3.63, 3.8) is 0 Å². The quantitative estimate of drug-likeness (QED) is 0.813. The molecule has 0 aliphatic heterocycles. The van der Waals surface area contributed by atoms with Crippen LogP contribution in [0.1, 0.15) is 15.3 Å². The minimum atomic E-state index is -0.459. The Balaban J connectivity index is 1.65. The third kappa shape index (κ3) is 5.98. The van der Waals surface area contributed by atoms with Crippen LogP contribution in [0.25, 0.3) is 0 Å². The molecular weight excluding hydrogens is 282 g/mol. The molecule has 1 aromatic heterocycles. The zero-order valence-electron chi connectivity index (χ0n) is 12.7. The molecule has 3 nitrogen and oxygen atoms in total. The van der Waals surface area contributed by atoms with Crippen molar-refractivity contribution in [1.82, 2.24) is 4.90 Å². The van der Waals surface area contributed by atoms with Crippen molar-refractivity contribution in [2.45, 2.75) is 26.2 Å². The number of rotatable bonds is 8. The summed E-state index contributed by atoms with van der Waals surface area (Å²) >= 11 is 1.80. The van der Waals surface area contributed by atoms with Crippen LogP contribution in [0, 0.1) is 6.92 Å². The van der Waals surface area contributed by atoms with E-state index in [4.69, 9.17) is 4.74 Å². The molecule has 2 aromatic rings. The van der Waals surface area contributed by atoms with Crippen molar-refractivity contribution in [2.75, 3.05) is 20.2 Å². The monoisotopic (exact) mass is 305 g/mol. The van der Waals surface area contributed by atoms with Crippen molar-refractivity contribution in [2.24, 2.45) is 0 Å². The molecule has 1 N–H and O–H groups in total. The molecule has 0 aliphatic carbocycles. The van der Waals surface area contributed by atoms with E-state index >= 15 is 0 Å². The molecular formula is C17H23NO2S. The van der Waals surface area contributed by atoms with Gasteiger partial charge in [0.25, 0.3) is 0 Å². The van der Waals surface area contributed by atoms with Crippen LogP contribution < -0.4 is 0 Å². The first-order valence-corrected chi connectivity index (χ1v) is 7.98. The van der Waals surface area contributed by atoms with Gasteiger partial charge >= 0.3 is 0 Å². The minimum absolute atomic E-state index is 0.364. The Morgan fingerprint density at radius 2 is 1.95 bits per heavy atom. The molecule has 0 saturated carbocycles. The van der Waals surface area contributed by atoms with Crippen molar-refractivity contribution in [3.8, 4) is 0 Å². The molecule has 1 unspecified atom stereocenters. The van der Waals surface area contributed by atoms with E-state index in [9.17, 15) is 5.11 Å². The van der Waals surface area contributed by atoms with Gasteiger partial charge in [-0.05, 0) is 31.7 Å². The first-order valence-electron chi connectivity index (χ1n) is 7.17. The van der Waals surface area contributed by atoms with Gasteiger partial charge in [0.2, 0.25) is 0 Å². The van der Waals surface area contributed by atoms with E-state index in [-0.39, 0.29) is 0 Å². The lowest BCUT2D eigenvalue weighted by Crippen LogP contribution is -2.31. The normalized spacial score (nSPS) is 12.8. The number of ether oxygens (including phenoxy) is 1. The van der Waals surface area contributed by atoms with Crippen LogP contribution in [0.4, 0.5) is 0 Å². The molecule has 0 radical (unpaired) electrons. The van der Waals surface area contributed by atoms with Gasteiger partial charge in [0, 0.05) is 22.8 Å². The third-order valence-electron chi connectivity index (χ3n) is 3.17. The molecule has 1 aromatic carbocycles. The molecule has 0 amide bonds. The van der Waals surface area contributed by atoms with Gasteiger partial charge in [-0.1, -0.05) is 30.3 Å². The molecule has 4 heteroatoms. The molecule has 2 rings (SSSR count). The summed E-state index contributed by atoms with van der Waals surface area (Å²) in [5.41, 5.74) is 1.13. The number of aliphatic hydroxyl groups excluding tert-OH is 1. The van der Waals surface area contributed by atoms with E-state index in [1.54, 1.807) is 11.3 Å². The van der Waals surface area contributed by atoms with Crippen molar-refractivity contribution >= 4 is 11.3 Å². The summed E-state index contributed by atoms with van der Waals surface area (Å²) in [7, 11) is 2.02. The van der Waals surface area contributed by atoms with Gasteiger partial charge in [0.05, 0.1) is 19.3 Å². The maximum atomic E-state index is 10.0. The van der Waals surface area contributed by atoms with Crippen LogP contribution in [0.3, 0.4) is 0 Å². The lowest BCUT2D eigenvalue weighted by Gasteiger charge is -2.20. The number of aliphatic hydroxyl groups is 1. The van der Waals surface area contributed by atoms with E-state index in [0.29, 0.717) is 19.8 Å². The smallest absolute Gasteiger partial charge is 0.0900 e. The molecule has 1 heterocycles. The van der Waals surface area contributed by atoms with Gasteiger partial charge in [-0.3, -0.25) is 4.90 Å². The zero-order valence-corrected chi connectivity index (χ0v) is 13.5. The second-order valence-electron chi connectivity index (χ2n) is 5.36. The Bertz CT molecular complexity index is 527. The van der Waals surface area contributed by atoms with E-state index in [2.05, 4.69) is 24.0 Å². The molecule has 1 atom stereocenters. The maximum absolute atomic E-state index is 10.0. The lowest BCUT2D eigenvalue weighted by atomic mass is 10.2. The summed E-state index contributed by atoms with van der Waals surface area (Å²) in [5, 5.41) is 10.0. The van der Waals surface area contributed by atoms with E-state index < -0.39 is 6.10 Å². The van der Waals surface area contributed by atoms with E-state index in [1.807, 2.05) is 37.4 Å². The van der Waals surface area contributed by atoms with Crippen LogP contribution in [0.15, 0.2) is 42.5 Å². The fraction of sp³-hybridized carbons (Fsp3) is 0.412. The number of hydrogen-bond donors (Lipinski definition) is 1. The molecule has 114 valence electrons. The van der Waals surface area contributed by atoms with Gasteiger partial charge in [0.15, 0.2) is 0 Å². The van der Waals surface area contributed by atoms with Crippen LogP contribution in [0.2, 0.25) is 0 Å². The zero-order chi connectivity index (χ0) is 15.1. The van der Waals surface area contributed by atoms with Crippen LogP contribution >= 0.6 is 11.3 Å². The molecule has 21 heavy (non-hydrogen) atoms. The first-order chi connectivity index (χ1) is 10.1. The lowest BCUT2D eigenvalue weighted by molar-refractivity contribution is 0.0128. The minimum Gasteiger partial charge on any atom is -0.389 e. The summed E-state index contributed by atoms with van der Waals surface area (Å²) in [5.74, 6) is 0. The summed E-state index contributed by atoms with van der Waals surface area (Å²) in [6.07, 6.45) is -0.459. The highest BCUT2D eigenvalue weighted by molar-refractivity contribution is 7.11. The Morgan fingerprint density at radius 3 is 2.62 bits per heavy atom. The Labute approximate surface area is 130 Å². The topological polar surface area (TPSA) is 32.7 Å². The Kier molecular flexibility index (Phi) is 6.39.